The minimum Gasteiger partial charge on any atom is -0.444 e. The van der Waals surface area contributed by atoms with Crippen molar-refractivity contribution >= 4 is 12.0 Å². The first-order chi connectivity index (χ1) is 11.6. The maximum Gasteiger partial charge on any atom is 0.411 e. The topological polar surface area (TPSA) is 58.6 Å². The van der Waals surface area contributed by atoms with E-state index in [1.54, 1.807) is 4.90 Å². The van der Waals surface area contributed by atoms with Crippen LogP contribution in [0.5, 0.6) is 0 Å². The molecule has 0 radical (unpaired) electrons. The maximum atomic E-state index is 12.5. The Kier molecular flexibility index (Phi) is 7.09. The number of hydrogen-bond acceptors (Lipinski definition) is 3. The molecule has 2 unspecified atom stereocenters. The van der Waals surface area contributed by atoms with E-state index in [2.05, 4.69) is 19.2 Å². The van der Waals surface area contributed by atoms with Gasteiger partial charge in [-0.2, -0.15) is 0 Å². The van der Waals surface area contributed by atoms with Gasteiger partial charge in [0, 0.05) is 13.0 Å². The second-order valence-electron chi connectivity index (χ2n) is 6.56. The molecule has 0 aromatic heterocycles. The van der Waals surface area contributed by atoms with Crippen LogP contribution in [0.3, 0.4) is 0 Å². The van der Waals surface area contributed by atoms with Crippen molar-refractivity contribution in [3.8, 4) is 0 Å². The van der Waals surface area contributed by atoms with Gasteiger partial charge in [0.25, 0.3) is 0 Å². The smallest absolute Gasteiger partial charge is 0.411 e. The molecule has 0 bridgehead atoms. The van der Waals surface area contributed by atoms with Gasteiger partial charge in [-0.25, -0.2) is 4.79 Å². The summed E-state index contributed by atoms with van der Waals surface area (Å²) < 4.78 is 5.44. The number of carbonyl (C=O) groups is 2. The summed E-state index contributed by atoms with van der Waals surface area (Å²) in [7, 11) is 0. The molecule has 132 valence electrons. The van der Waals surface area contributed by atoms with Crippen LogP contribution in [0.15, 0.2) is 30.3 Å². The molecule has 1 aromatic rings. The van der Waals surface area contributed by atoms with Crippen LogP contribution in [-0.2, 0) is 16.1 Å². The standard InChI is InChI=1S/C19H28N2O3/c1-3-4-10-18(22)20-17-12-11-15(2)13-21(17)19(23)24-14-16-8-6-5-7-9-16/h5-9,15,17H,3-4,10-14H2,1-2H3,(H,20,22). The Hall–Kier alpha value is -2.04. The predicted octanol–water partition coefficient (Wildman–Crippen LogP) is 3.69. The number of ether oxygens (including phenoxy) is 1. The van der Waals surface area contributed by atoms with E-state index in [4.69, 9.17) is 4.74 Å². The third-order valence-electron chi connectivity index (χ3n) is 4.34. The van der Waals surface area contributed by atoms with Gasteiger partial charge < -0.3 is 10.1 Å². The molecule has 1 aliphatic rings. The van der Waals surface area contributed by atoms with Crippen molar-refractivity contribution in [1.29, 1.82) is 0 Å². The van der Waals surface area contributed by atoms with E-state index in [1.165, 1.54) is 0 Å². The van der Waals surface area contributed by atoms with Crippen LogP contribution in [0, 0.1) is 5.92 Å². The Bertz CT molecular complexity index is 533. The summed E-state index contributed by atoms with van der Waals surface area (Å²) in [4.78, 5) is 26.2. The van der Waals surface area contributed by atoms with Crippen molar-refractivity contribution in [2.24, 2.45) is 5.92 Å². The first kappa shape index (κ1) is 18.3. The molecule has 24 heavy (non-hydrogen) atoms. The molecular formula is C19H28N2O3. The van der Waals surface area contributed by atoms with Crippen LogP contribution < -0.4 is 5.32 Å². The lowest BCUT2D eigenvalue weighted by Gasteiger charge is -2.38. The van der Waals surface area contributed by atoms with E-state index in [0.717, 1.165) is 31.2 Å². The summed E-state index contributed by atoms with van der Waals surface area (Å²) in [5.74, 6) is 0.426. The van der Waals surface area contributed by atoms with Crippen LogP contribution in [-0.4, -0.2) is 29.6 Å². The van der Waals surface area contributed by atoms with Crippen molar-refractivity contribution in [2.45, 2.75) is 58.7 Å². The minimum atomic E-state index is -0.355. The zero-order valence-corrected chi connectivity index (χ0v) is 14.7. The van der Waals surface area contributed by atoms with E-state index in [1.807, 2.05) is 30.3 Å². The van der Waals surface area contributed by atoms with E-state index < -0.39 is 0 Å². The van der Waals surface area contributed by atoms with Gasteiger partial charge in [0.2, 0.25) is 5.91 Å². The van der Waals surface area contributed by atoms with Crippen LogP contribution in [0.4, 0.5) is 4.79 Å². The number of nitrogens with one attached hydrogen (secondary N) is 1. The fourth-order valence-corrected chi connectivity index (χ4v) is 2.90. The number of likely N-dealkylation sites (tertiary alicyclic amines) is 1. The van der Waals surface area contributed by atoms with Gasteiger partial charge in [0.1, 0.15) is 12.8 Å². The Morgan fingerprint density at radius 2 is 2.00 bits per heavy atom. The second-order valence-corrected chi connectivity index (χ2v) is 6.56. The maximum absolute atomic E-state index is 12.5. The third-order valence-corrected chi connectivity index (χ3v) is 4.34. The molecule has 2 rings (SSSR count). The molecule has 1 saturated heterocycles. The number of hydrogen-bond donors (Lipinski definition) is 1. The zero-order chi connectivity index (χ0) is 17.4. The average molecular weight is 332 g/mol. The van der Waals surface area contributed by atoms with Crippen LogP contribution in [0.2, 0.25) is 0 Å². The summed E-state index contributed by atoms with van der Waals surface area (Å²) >= 11 is 0. The quantitative estimate of drug-likeness (QED) is 0.864. The molecule has 1 aliphatic heterocycles. The van der Waals surface area contributed by atoms with Gasteiger partial charge in [-0.05, 0) is 30.7 Å². The minimum absolute atomic E-state index is 0.0114. The van der Waals surface area contributed by atoms with Crippen molar-refractivity contribution in [2.75, 3.05) is 6.54 Å². The molecule has 0 saturated carbocycles. The van der Waals surface area contributed by atoms with E-state index in [9.17, 15) is 9.59 Å². The van der Waals surface area contributed by atoms with Gasteiger partial charge >= 0.3 is 6.09 Å². The summed E-state index contributed by atoms with van der Waals surface area (Å²) in [6.45, 7) is 5.04. The average Bonchev–Trinajstić information content (AvgIpc) is 2.60. The summed E-state index contributed by atoms with van der Waals surface area (Å²) in [5.41, 5.74) is 0.958. The lowest BCUT2D eigenvalue weighted by molar-refractivity contribution is -0.123. The Balaban J connectivity index is 1.91. The first-order valence-electron chi connectivity index (χ1n) is 8.86. The summed E-state index contributed by atoms with van der Waals surface area (Å²) in [6.07, 6.45) is 3.53. The molecule has 1 heterocycles. The van der Waals surface area contributed by atoms with Crippen molar-refractivity contribution in [1.82, 2.24) is 10.2 Å². The molecule has 2 amide bonds. The molecule has 5 heteroatoms. The highest BCUT2D eigenvalue weighted by Gasteiger charge is 2.31. The number of nitrogens with zero attached hydrogens (tertiary/aromatic N) is 1. The Morgan fingerprint density at radius 1 is 1.25 bits per heavy atom. The molecular weight excluding hydrogens is 304 g/mol. The molecule has 1 aromatic carbocycles. The number of amides is 2. The van der Waals surface area contributed by atoms with E-state index in [0.29, 0.717) is 18.9 Å². The second kappa shape index (κ2) is 9.30. The number of unbranched alkanes of at least 4 members (excludes halogenated alkanes) is 1. The fourth-order valence-electron chi connectivity index (χ4n) is 2.90. The van der Waals surface area contributed by atoms with Gasteiger partial charge in [0.15, 0.2) is 0 Å². The lowest BCUT2D eigenvalue weighted by atomic mass is 9.98. The molecule has 5 nitrogen and oxygen atoms in total. The zero-order valence-electron chi connectivity index (χ0n) is 14.7. The highest BCUT2D eigenvalue weighted by molar-refractivity contribution is 5.77. The highest BCUT2D eigenvalue weighted by atomic mass is 16.6. The number of piperidine rings is 1. The fraction of sp³-hybridized carbons (Fsp3) is 0.579. The van der Waals surface area contributed by atoms with E-state index in [-0.39, 0.29) is 24.8 Å². The summed E-state index contributed by atoms with van der Waals surface area (Å²) in [6, 6.07) is 9.62. The Morgan fingerprint density at radius 3 is 2.71 bits per heavy atom. The molecule has 1 N–H and O–H groups in total. The van der Waals surface area contributed by atoms with E-state index >= 15 is 0 Å². The van der Waals surface area contributed by atoms with Crippen molar-refractivity contribution < 1.29 is 14.3 Å². The van der Waals surface area contributed by atoms with Gasteiger partial charge in [-0.15, -0.1) is 0 Å². The van der Waals surface area contributed by atoms with Crippen LogP contribution >= 0.6 is 0 Å². The van der Waals surface area contributed by atoms with Crippen LogP contribution in [0.25, 0.3) is 0 Å². The number of rotatable bonds is 6. The molecule has 0 aliphatic carbocycles. The van der Waals surface area contributed by atoms with Gasteiger partial charge in [0.05, 0.1) is 0 Å². The molecule has 0 spiro atoms. The molecule has 1 fully saturated rings. The SMILES string of the molecule is CCCCC(=O)NC1CCC(C)CN1C(=O)OCc1ccccc1. The lowest BCUT2D eigenvalue weighted by Crippen LogP contribution is -2.54. The van der Waals surface area contributed by atoms with Crippen molar-refractivity contribution in [3.05, 3.63) is 35.9 Å². The number of benzene rings is 1. The van der Waals surface area contributed by atoms with Crippen molar-refractivity contribution in [3.63, 3.8) is 0 Å². The van der Waals surface area contributed by atoms with Gasteiger partial charge in [-0.3, -0.25) is 9.69 Å². The third kappa shape index (κ3) is 5.55. The largest absolute Gasteiger partial charge is 0.444 e. The normalized spacial score (nSPS) is 20.5. The highest BCUT2D eigenvalue weighted by Crippen LogP contribution is 2.21. The predicted molar refractivity (Wildman–Crippen MR) is 93.2 cm³/mol. The monoisotopic (exact) mass is 332 g/mol. The molecule has 2 atom stereocenters. The Labute approximate surface area is 144 Å². The van der Waals surface area contributed by atoms with Crippen LogP contribution in [0.1, 0.15) is 51.5 Å². The number of carbonyl (C=O) groups excluding carboxylic acids is 2. The summed E-state index contributed by atoms with van der Waals surface area (Å²) in [5, 5.41) is 2.99. The first-order valence-corrected chi connectivity index (χ1v) is 8.86. The van der Waals surface area contributed by atoms with Gasteiger partial charge in [-0.1, -0.05) is 50.6 Å².